The summed E-state index contributed by atoms with van der Waals surface area (Å²) in [4.78, 5) is 15.6. The number of hydrogen-bond donors (Lipinski definition) is 1. The molecule has 1 heterocycles. The van der Waals surface area contributed by atoms with Crippen LogP contribution in [-0.4, -0.2) is 23.8 Å². The number of ether oxygens (including phenoxy) is 1. The van der Waals surface area contributed by atoms with Gasteiger partial charge in [0.25, 0.3) is 0 Å². The van der Waals surface area contributed by atoms with E-state index in [4.69, 9.17) is 5.84 Å². The van der Waals surface area contributed by atoms with Crippen LogP contribution in [-0.2, 0) is 9.53 Å². The van der Waals surface area contributed by atoms with Crippen molar-refractivity contribution in [1.82, 2.24) is 4.98 Å². The number of carbonyl (C=O) groups excluding carboxylic acids is 1. The number of hydrogen-bond acceptors (Lipinski definition) is 6. The smallest absolute Gasteiger partial charge is 0.361 e. The summed E-state index contributed by atoms with van der Waals surface area (Å²) in [6, 6.07) is 6.72. The van der Waals surface area contributed by atoms with Crippen LogP contribution in [0.1, 0.15) is 5.69 Å². The molecule has 0 amide bonds. The molecule has 0 saturated heterocycles. The van der Waals surface area contributed by atoms with E-state index < -0.39 is 5.97 Å². The van der Waals surface area contributed by atoms with Crippen LogP contribution in [0.2, 0.25) is 0 Å². The van der Waals surface area contributed by atoms with Gasteiger partial charge in [-0.05, 0) is 6.07 Å². The van der Waals surface area contributed by atoms with Crippen LogP contribution in [0.5, 0.6) is 0 Å². The molecule has 0 atom stereocenters. The third-order valence-corrected chi connectivity index (χ3v) is 2.35. The predicted molar refractivity (Wildman–Crippen MR) is 63.4 cm³/mol. The number of hydrazone groups is 1. The SMILES string of the molecule is COC(=O)/C(=N/N)c1c[n+]([O-])c2ccccc2n1. The van der Waals surface area contributed by atoms with E-state index in [1.54, 1.807) is 24.3 Å². The number of fused-ring (bicyclic) bond motifs is 1. The first-order valence-electron chi connectivity index (χ1n) is 5.03. The molecule has 2 N–H and O–H groups in total. The number of para-hydroxylation sites is 2. The van der Waals surface area contributed by atoms with Crippen molar-refractivity contribution in [1.29, 1.82) is 0 Å². The second-order valence-electron chi connectivity index (χ2n) is 3.41. The summed E-state index contributed by atoms with van der Waals surface area (Å²) in [7, 11) is 1.19. The van der Waals surface area contributed by atoms with Crippen molar-refractivity contribution in [3.63, 3.8) is 0 Å². The largest absolute Gasteiger partial charge is 0.618 e. The van der Waals surface area contributed by atoms with Crippen molar-refractivity contribution in [2.45, 2.75) is 0 Å². The van der Waals surface area contributed by atoms with Crippen LogP contribution in [0, 0.1) is 5.21 Å². The summed E-state index contributed by atoms with van der Waals surface area (Å²) in [5, 5.41) is 15.1. The Balaban J connectivity index is 2.62. The minimum absolute atomic E-state index is 0.0676. The third-order valence-electron chi connectivity index (χ3n) is 2.35. The van der Waals surface area contributed by atoms with Gasteiger partial charge in [0.2, 0.25) is 11.7 Å². The van der Waals surface area contributed by atoms with Crippen LogP contribution >= 0.6 is 0 Å². The van der Waals surface area contributed by atoms with Crippen LogP contribution in [0.25, 0.3) is 11.0 Å². The highest BCUT2D eigenvalue weighted by atomic mass is 16.5. The van der Waals surface area contributed by atoms with E-state index in [1.807, 2.05) is 0 Å². The molecule has 7 nitrogen and oxygen atoms in total. The number of rotatable bonds is 2. The zero-order chi connectivity index (χ0) is 13.1. The summed E-state index contributed by atoms with van der Waals surface area (Å²) in [6.07, 6.45) is 1.13. The highest BCUT2D eigenvalue weighted by molar-refractivity contribution is 6.42. The van der Waals surface area contributed by atoms with Crippen molar-refractivity contribution in [2.75, 3.05) is 7.11 Å². The van der Waals surface area contributed by atoms with E-state index in [9.17, 15) is 10.0 Å². The molecule has 0 fully saturated rings. The molecule has 0 saturated carbocycles. The van der Waals surface area contributed by atoms with Crippen molar-refractivity contribution >= 4 is 22.7 Å². The Bertz CT molecular complexity index is 639. The number of carbonyl (C=O) groups is 1. The lowest BCUT2D eigenvalue weighted by Gasteiger charge is -2.05. The van der Waals surface area contributed by atoms with Gasteiger partial charge < -0.3 is 15.8 Å². The predicted octanol–water partition coefficient (Wildman–Crippen LogP) is -0.296. The second-order valence-corrected chi connectivity index (χ2v) is 3.41. The fourth-order valence-corrected chi connectivity index (χ4v) is 1.52. The highest BCUT2D eigenvalue weighted by Crippen LogP contribution is 2.08. The molecule has 2 rings (SSSR count). The zero-order valence-corrected chi connectivity index (χ0v) is 9.53. The Kier molecular flexibility index (Phi) is 3.05. The van der Waals surface area contributed by atoms with E-state index in [0.29, 0.717) is 15.8 Å². The van der Waals surface area contributed by atoms with Crippen LogP contribution in [0.4, 0.5) is 0 Å². The molecule has 2 aromatic rings. The molecule has 0 radical (unpaired) electrons. The Morgan fingerprint density at radius 3 is 2.89 bits per heavy atom. The van der Waals surface area contributed by atoms with E-state index in [0.717, 1.165) is 6.20 Å². The Morgan fingerprint density at radius 2 is 2.22 bits per heavy atom. The Labute approximate surface area is 102 Å². The van der Waals surface area contributed by atoms with Crippen molar-refractivity contribution in [3.8, 4) is 0 Å². The van der Waals surface area contributed by atoms with Gasteiger partial charge in [0.05, 0.1) is 7.11 Å². The minimum atomic E-state index is -0.750. The fraction of sp³-hybridized carbons (Fsp3) is 0.0909. The number of benzene rings is 1. The molecular weight excluding hydrogens is 236 g/mol. The maximum Gasteiger partial charge on any atom is 0.361 e. The fourth-order valence-electron chi connectivity index (χ4n) is 1.52. The summed E-state index contributed by atoms with van der Waals surface area (Å²) in [5.41, 5.74) is 0.698. The molecule has 0 spiro atoms. The normalized spacial score (nSPS) is 11.5. The lowest BCUT2D eigenvalue weighted by molar-refractivity contribution is -0.577. The maximum absolute atomic E-state index is 11.8. The van der Waals surface area contributed by atoms with E-state index in [-0.39, 0.29) is 11.4 Å². The quantitative estimate of drug-likeness (QED) is 0.196. The van der Waals surface area contributed by atoms with Crippen molar-refractivity contribution in [3.05, 3.63) is 41.4 Å². The number of methoxy groups -OCH3 is 1. The first-order valence-corrected chi connectivity index (χ1v) is 5.03. The number of nitrogens with zero attached hydrogens (tertiary/aromatic N) is 3. The van der Waals surface area contributed by atoms with Crippen LogP contribution in [0.15, 0.2) is 35.6 Å². The number of nitrogens with two attached hydrogens (primary N) is 1. The number of aromatic nitrogens is 2. The molecule has 1 aromatic heterocycles. The van der Waals surface area contributed by atoms with Gasteiger partial charge in [0.15, 0.2) is 11.4 Å². The monoisotopic (exact) mass is 246 g/mol. The van der Waals surface area contributed by atoms with Gasteiger partial charge >= 0.3 is 5.97 Å². The van der Waals surface area contributed by atoms with Gasteiger partial charge in [-0.15, -0.1) is 0 Å². The van der Waals surface area contributed by atoms with E-state index in [1.165, 1.54) is 7.11 Å². The van der Waals surface area contributed by atoms with Gasteiger partial charge in [0.1, 0.15) is 5.52 Å². The molecule has 1 aromatic carbocycles. The second kappa shape index (κ2) is 4.66. The molecule has 0 aliphatic rings. The van der Waals surface area contributed by atoms with Gasteiger partial charge in [-0.2, -0.15) is 9.83 Å². The zero-order valence-electron chi connectivity index (χ0n) is 9.53. The molecule has 18 heavy (non-hydrogen) atoms. The molecule has 92 valence electrons. The van der Waals surface area contributed by atoms with Crippen LogP contribution in [0.3, 0.4) is 0 Å². The Hall–Kier alpha value is -2.70. The number of esters is 1. The van der Waals surface area contributed by atoms with Crippen molar-refractivity contribution in [2.24, 2.45) is 10.9 Å². The molecule has 0 aliphatic heterocycles. The summed E-state index contributed by atoms with van der Waals surface area (Å²) >= 11 is 0. The first-order chi connectivity index (χ1) is 8.67. The third kappa shape index (κ3) is 1.93. The van der Waals surface area contributed by atoms with Gasteiger partial charge in [0, 0.05) is 6.07 Å². The van der Waals surface area contributed by atoms with Gasteiger partial charge in [-0.1, -0.05) is 12.1 Å². The average Bonchev–Trinajstić information content (AvgIpc) is 2.39. The van der Waals surface area contributed by atoms with E-state index >= 15 is 0 Å². The molecule has 0 unspecified atom stereocenters. The summed E-state index contributed by atoms with van der Waals surface area (Å²) in [6.45, 7) is 0. The highest BCUT2D eigenvalue weighted by Gasteiger charge is 2.20. The average molecular weight is 246 g/mol. The molecule has 0 bridgehead atoms. The van der Waals surface area contributed by atoms with Gasteiger partial charge in [-0.25, -0.2) is 9.78 Å². The Morgan fingerprint density at radius 1 is 1.50 bits per heavy atom. The summed E-state index contributed by atoms with van der Waals surface area (Å²) in [5.74, 6) is 4.36. The summed E-state index contributed by atoms with van der Waals surface area (Å²) < 4.78 is 5.11. The first kappa shape index (κ1) is 11.8. The van der Waals surface area contributed by atoms with Crippen LogP contribution < -0.4 is 10.6 Å². The minimum Gasteiger partial charge on any atom is -0.618 e. The lowest BCUT2D eigenvalue weighted by atomic mass is 10.2. The van der Waals surface area contributed by atoms with Crippen molar-refractivity contribution < 1.29 is 14.3 Å². The molecule has 7 heteroatoms. The van der Waals surface area contributed by atoms with E-state index in [2.05, 4.69) is 14.8 Å². The maximum atomic E-state index is 11.8. The standard InChI is InChI=1S/C11H10N4O3/c1-18-11(16)10(14-12)8-6-15(17)9-5-3-2-4-7(9)13-8/h2-6H,12H2,1H3/b14-10+. The lowest BCUT2D eigenvalue weighted by Crippen LogP contribution is -2.31. The molecular formula is C11H10N4O3. The molecule has 0 aliphatic carbocycles. The van der Waals surface area contributed by atoms with Gasteiger partial charge in [-0.3, -0.25) is 0 Å². The topological polar surface area (TPSA) is 105 Å².